The van der Waals surface area contributed by atoms with Crippen molar-refractivity contribution in [2.24, 2.45) is 0 Å². The number of imide groups is 1. The summed E-state index contributed by atoms with van der Waals surface area (Å²) in [7, 11) is 1.60. The van der Waals surface area contributed by atoms with Gasteiger partial charge in [-0.2, -0.15) is 10.4 Å². The molecule has 0 atom stereocenters. The Labute approximate surface area is 240 Å². The molecule has 0 N–H and O–H groups in total. The molecule has 7 nitrogen and oxygen atoms in total. The fourth-order valence-corrected chi connectivity index (χ4v) is 5.09. The lowest BCUT2D eigenvalue weighted by Gasteiger charge is -2.27. The molecule has 0 fully saturated rings. The molecule has 4 aromatic rings. The number of carbonyl (C=O) groups is 2. The zero-order valence-corrected chi connectivity index (χ0v) is 23.8. The maximum absolute atomic E-state index is 13.8. The van der Waals surface area contributed by atoms with Gasteiger partial charge in [0.1, 0.15) is 23.1 Å². The number of rotatable bonds is 6. The van der Waals surface area contributed by atoms with Gasteiger partial charge in [-0.25, -0.2) is 4.68 Å². The Kier molecular flexibility index (Phi) is 7.50. The number of halogens is 1. The molecule has 0 bridgehead atoms. The first-order valence-corrected chi connectivity index (χ1v) is 13.3. The van der Waals surface area contributed by atoms with Crippen molar-refractivity contribution in [1.82, 2.24) is 14.7 Å². The summed E-state index contributed by atoms with van der Waals surface area (Å²) in [5, 5.41) is 14.7. The first-order valence-electron chi connectivity index (χ1n) is 12.5. The van der Waals surface area contributed by atoms with Crippen LogP contribution in [0.2, 0.25) is 0 Å². The number of methoxy groups -OCH3 is 1. The number of amides is 2. The minimum absolute atomic E-state index is 0.0536. The van der Waals surface area contributed by atoms with E-state index in [-0.39, 0.29) is 17.7 Å². The van der Waals surface area contributed by atoms with Crippen LogP contribution in [0, 0.1) is 18.3 Å². The minimum atomic E-state index is -0.595. The van der Waals surface area contributed by atoms with Crippen LogP contribution < -0.4 is 4.74 Å². The van der Waals surface area contributed by atoms with Crippen LogP contribution in [0.25, 0.3) is 23.0 Å². The average molecular weight is 593 g/mol. The van der Waals surface area contributed by atoms with Crippen molar-refractivity contribution in [3.05, 3.63) is 117 Å². The van der Waals surface area contributed by atoms with Crippen molar-refractivity contribution in [2.75, 3.05) is 7.11 Å². The van der Waals surface area contributed by atoms with Crippen LogP contribution in [0.1, 0.15) is 23.6 Å². The third kappa shape index (κ3) is 5.12. The summed E-state index contributed by atoms with van der Waals surface area (Å²) in [6.07, 6.45) is 3.55. The lowest BCUT2D eigenvalue weighted by molar-refractivity contribution is -0.141. The highest BCUT2D eigenvalue weighted by molar-refractivity contribution is 9.10. The highest BCUT2D eigenvalue weighted by Gasteiger charge is 2.35. The maximum Gasteiger partial charge on any atom is 0.271 e. The van der Waals surface area contributed by atoms with Crippen molar-refractivity contribution < 1.29 is 14.3 Å². The van der Waals surface area contributed by atoms with Gasteiger partial charge >= 0.3 is 0 Å². The summed E-state index contributed by atoms with van der Waals surface area (Å²) in [5.41, 5.74) is 5.35. The Hall–Kier alpha value is -4.74. The summed E-state index contributed by atoms with van der Waals surface area (Å²) in [6, 6.07) is 24.9. The number of nitriles is 1. The molecule has 0 saturated heterocycles. The number of aryl methyl sites for hydroxylation is 1. The van der Waals surface area contributed by atoms with Crippen molar-refractivity contribution in [2.45, 2.75) is 20.4 Å². The molecule has 1 aliphatic rings. The molecule has 198 valence electrons. The molecule has 2 amide bonds. The number of carbonyl (C=O) groups excluding carboxylic acids is 2. The van der Waals surface area contributed by atoms with Crippen molar-refractivity contribution in [1.29, 1.82) is 5.26 Å². The van der Waals surface area contributed by atoms with Gasteiger partial charge in [-0.1, -0.05) is 48.0 Å². The van der Waals surface area contributed by atoms with Crippen molar-refractivity contribution in [3.8, 4) is 28.8 Å². The van der Waals surface area contributed by atoms with E-state index in [0.717, 1.165) is 31.8 Å². The van der Waals surface area contributed by atoms with Gasteiger partial charge in [-0.05, 0) is 77.3 Å². The molecule has 0 aliphatic carbocycles. The Morgan fingerprint density at radius 3 is 2.38 bits per heavy atom. The number of ether oxygens (including phenoxy) is 1. The molecular weight excluding hydrogens is 568 g/mol. The van der Waals surface area contributed by atoms with Crippen LogP contribution in [-0.4, -0.2) is 33.6 Å². The van der Waals surface area contributed by atoms with E-state index in [1.807, 2.05) is 92.0 Å². The van der Waals surface area contributed by atoms with Crippen LogP contribution in [-0.2, 0) is 16.1 Å². The van der Waals surface area contributed by atoms with Crippen LogP contribution in [0.5, 0.6) is 5.75 Å². The molecule has 1 aliphatic heterocycles. The van der Waals surface area contributed by atoms with Crippen molar-refractivity contribution >= 4 is 33.8 Å². The lowest BCUT2D eigenvalue weighted by Crippen LogP contribution is -2.42. The zero-order chi connectivity index (χ0) is 28.4. The molecule has 5 rings (SSSR count). The van der Waals surface area contributed by atoms with Crippen LogP contribution in [0.3, 0.4) is 0 Å². The highest BCUT2D eigenvalue weighted by atomic mass is 79.9. The zero-order valence-electron chi connectivity index (χ0n) is 22.2. The number of hydrogen-bond acceptors (Lipinski definition) is 5. The van der Waals surface area contributed by atoms with Crippen LogP contribution >= 0.6 is 15.9 Å². The van der Waals surface area contributed by atoms with Crippen molar-refractivity contribution in [3.63, 3.8) is 0 Å². The Bertz CT molecular complexity index is 1730. The van der Waals surface area contributed by atoms with E-state index in [1.54, 1.807) is 24.8 Å². The number of benzene rings is 3. The number of nitrogens with zero attached hydrogens (tertiary/aromatic N) is 4. The van der Waals surface area contributed by atoms with E-state index in [0.29, 0.717) is 22.6 Å². The second-order valence-electron chi connectivity index (χ2n) is 9.41. The maximum atomic E-state index is 13.8. The van der Waals surface area contributed by atoms with Gasteiger partial charge in [0, 0.05) is 22.9 Å². The van der Waals surface area contributed by atoms with E-state index in [2.05, 4.69) is 15.9 Å². The number of para-hydroxylation sites is 1. The third-order valence-corrected chi connectivity index (χ3v) is 7.39. The van der Waals surface area contributed by atoms with E-state index in [1.165, 1.54) is 0 Å². The normalized spacial score (nSPS) is 14.6. The molecule has 0 spiro atoms. The Morgan fingerprint density at radius 2 is 1.73 bits per heavy atom. The van der Waals surface area contributed by atoms with E-state index in [9.17, 15) is 14.9 Å². The van der Waals surface area contributed by atoms with Gasteiger partial charge in [0.2, 0.25) is 0 Å². The summed E-state index contributed by atoms with van der Waals surface area (Å²) < 4.78 is 7.89. The standard InChI is InChI=1S/C32H25BrN4O3/c1-20-9-11-22(12-10-20)18-36-31(38)26(21(2)27(17-34)32(36)39)15-24-19-37(25-7-5-4-6-8-25)35-30(24)23-13-14-29(40-3)28(33)16-23/h4-16,19H,18H2,1-3H3/b26-15+. The molecule has 1 aromatic heterocycles. The topological polar surface area (TPSA) is 88.2 Å². The predicted molar refractivity (Wildman–Crippen MR) is 156 cm³/mol. The largest absolute Gasteiger partial charge is 0.496 e. The molecule has 2 heterocycles. The minimum Gasteiger partial charge on any atom is -0.496 e. The quantitative estimate of drug-likeness (QED) is 0.191. The predicted octanol–water partition coefficient (Wildman–Crippen LogP) is 6.41. The molecular formula is C32H25BrN4O3. The molecule has 0 unspecified atom stereocenters. The summed E-state index contributed by atoms with van der Waals surface area (Å²) >= 11 is 3.55. The van der Waals surface area contributed by atoms with Gasteiger partial charge in [0.05, 0.1) is 23.8 Å². The summed E-state index contributed by atoms with van der Waals surface area (Å²) in [4.78, 5) is 28.1. The monoisotopic (exact) mass is 592 g/mol. The molecule has 40 heavy (non-hydrogen) atoms. The highest BCUT2D eigenvalue weighted by Crippen LogP contribution is 2.34. The van der Waals surface area contributed by atoms with Gasteiger partial charge in [-0.3, -0.25) is 14.5 Å². The molecule has 0 saturated carbocycles. The number of hydrogen-bond donors (Lipinski definition) is 0. The Balaban J connectivity index is 1.65. The van der Waals surface area contributed by atoms with Crippen LogP contribution in [0.15, 0.2) is 100 Å². The van der Waals surface area contributed by atoms with E-state index >= 15 is 0 Å². The van der Waals surface area contributed by atoms with E-state index < -0.39 is 11.8 Å². The second-order valence-corrected chi connectivity index (χ2v) is 10.3. The van der Waals surface area contributed by atoms with Gasteiger partial charge in [-0.15, -0.1) is 0 Å². The Morgan fingerprint density at radius 1 is 1.00 bits per heavy atom. The van der Waals surface area contributed by atoms with Gasteiger partial charge in [0.15, 0.2) is 0 Å². The van der Waals surface area contributed by atoms with Crippen LogP contribution in [0.4, 0.5) is 0 Å². The second kappa shape index (κ2) is 11.2. The SMILES string of the molecule is COc1ccc(-c2nn(-c3ccccc3)cc2/C=C2/C(=O)N(Cc3ccc(C)cc3)C(=O)C(C#N)=C2C)cc1Br. The molecule has 8 heteroatoms. The number of aromatic nitrogens is 2. The lowest BCUT2D eigenvalue weighted by atomic mass is 9.93. The fourth-order valence-electron chi connectivity index (χ4n) is 4.55. The first-order chi connectivity index (χ1) is 19.3. The summed E-state index contributed by atoms with van der Waals surface area (Å²) in [6.45, 7) is 3.67. The average Bonchev–Trinajstić information content (AvgIpc) is 3.39. The van der Waals surface area contributed by atoms with E-state index in [4.69, 9.17) is 9.84 Å². The molecule has 3 aromatic carbocycles. The smallest absolute Gasteiger partial charge is 0.271 e. The first kappa shape index (κ1) is 26.9. The van der Waals surface area contributed by atoms with Gasteiger partial charge in [0.25, 0.3) is 11.8 Å². The molecule has 0 radical (unpaired) electrons. The third-order valence-electron chi connectivity index (χ3n) is 6.78. The van der Waals surface area contributed by atoms with Gasteiger partial charge < -0.3 is 4.74 Å². The fraction of sp³-hybridized carbons (Fsp3) is 0.125. The summed E-state index contributed by atoms with van der Waals surface area (Å²) in [5.74, 6) is -0.380.